The smallest absolute Gasteiger partial charge is 0.328 e. The van der Waals surface area contributed by atoms with Crippen LogP contribution in [0.5, 0.6) is 5.75 Å². The molecule has 0 saturated heterocycles. The Labute approximate surface area is 111 Å². The Morgan fingerprint density at radius 2 is 2.28 bits per heavy atom. The first kappa shape index (κ1) is 14.5. The number of aliphatic carboxylic acids is 1. The highest BCUT2D eigenvalue weighted by Gasteiger charge is 2.07. The normalized spacial score (nSPS) is 12.6. The molecule has 1 N–H and O–H groups in total. The lowest BCUT2D eigenvalue weighted by Crippen LogP contribution is -2.18. The van der Waals surface area contributed by atoms with Crippen LogP contribution in [0.4, 0.5) is 0 Å². The number of rotatable bonds is 6. The molecule has 1 aromatic carbocycles. The third-order valence-electron chi connectivity index (χ3n) is 2.11. The number of halogens is 1. The van der Waals surface area contributed by atoms with Gasteiger partial charge in [-0.1, -0.05) is 11.6 Å². The summed E-state index contributed by atoms with van der Waals surface area (Å²) in [6, 6.07) is 5.04. The van der Waals surface area contributed by atoms with Gasteiger partial charge in [0.15, 0.2) is 0 Å². The number of hydrogen-bond donors (Lipinski definition) is 1. The minimum Gasteiger partial charge on any atom is -0.488 e. The molecule has 1 unspecified atom stereocenters. The number of hydrogen-bond acceptors (Lipinski definition) is 3. The predicted molar refractivity (Wildman–Crippen MR) is 70.1 cm³/mol. The second-order valence-electron chi connectivity index (χ2n) is 3.74. The van der Waals surface area contributed by atoms with E-state index in [1.807, 2.05) is 6.92 Å². The average Bonchev–Trinajstić information content (AvgIpc) is 2.29. The summed E-state index contributed by atoms with van der Waals surface area (Å²) >= 11 is 5.87. The van der Waals surface area contributed by atoms with Crippen molar-refractivity contribution >= 4 is 23.6 Å². The third-order valence-corrected chi connectivity index (χ3v) is 2.34. The molecule has 0 bridgehead atoms. The second kappa shape index (κ2) is 7.03. The molecule has 0 fully saturated rings. The van der Waals surface area contributed by atoms with Crippen LogP contribution in [-0.4, -0.2) is 30.9 Å². The lowest BCUT2D eigenvalue weighted by molar-refractivity contribution is -0.131. The molecule has 0 amide bonds. The van der Waals surface area contributed by atoms with Crippen LogP contribution in [0.15, 0.2) is 24.3 Å². The van der Waals surface area contributed by atoms with Crippen molar-refractivity contribution < 1.29 is 19.4 Å². The molecule has 5 heteroatoms. The Morgan fingerprint density at radius 1 is 1.56 bits per heavy atom. The van der Waals surface area contributed by atoms with Gasteiger partial charge in [0.25, 0.3) is 0 Å². The lowest BCUT2D eigenvalue weighted by atomic mass is 10.2. The van der Waals surface area contributed by atoms with Gasteiger partial charge in [-0.05, 0) is 31.2 Å². The van der Waals surface area contributed by atoms with Crippen LogP contribution in [0.25, 0.3) is 6.08 Å². The third kappa shape index (κ3) is 4.77. The zero-order chi connectivity index (χ0) is 13.5. The molecule has 0 saturated carbocycles. The van der Waals surface area contributed by atoms with Crippen LogP contribution >= 0.6 is 11.6 Å². The second-order valence-corrected chi connectivity index (χ2v) is 4.17. The van der Waals surface area contributed by atoms with E-state index in [1.165, 1.54) is 6.08 Å². The van der Waals surface area contributed by atoms with E-state index < -0.39 is 5.97 Å². The van der Waals surface area contributed by atoms with Crippen molar-refractivity contribution in [2.75, 3.05) is 13.7 Å². The highest BCUT2D eigenvalue weighted by Crippen LogP contribution is 2.25. The summed E-state index contributed by atoms with van der Waals surface area (Å²) in [5.41, 5.74) is 0.618. The van der Waals surface area contributed by atoms with Crippen molar-refractivity contribution in [3.63, 3.8) is 0 Å². The highest BCUT2D eigenvalue weighted by molar-refractivity contribution is 6.30. The van der Waals surface area contributed by atoms with E-state index in [-0.39, 0.29) is 6.10 Å². The maximum Gasteiger partial charge on any atom is 0.328 e. The molecular formula is C13H15ClO4. The fraction of sp³-hybridized carbons (Fsp3) is 0.308. The van der Waals surface area contributed by atoms with Crippen LogP contribution in [0.1, 0.15) is 12.5 Å². The van der Waals surface area contributed by atoms with Gasteiger partial charge in [-0.2, -0.15) is 0 Å². The molecule has 0 heterocycles. The summed E-state index contributed by atoms with van der Waals surface area (Å²) in [4.78, 5) is 10.5. The fourth-order valence-electron chi connectivity index (χ4n) is 1.40. The summed E-state index contributed by atoms with van der Waals surface area (Å²) in [7, 11) is 1.59. The maximum atomic E-state index is 10.5. The van der Waals surface area contributed by atoms with E-state index >= 15 is 0 Å². The predicted octanol–water partition coefficient (Wildman–Crippen LogP) is 2.85. The first-order valence-electron chi connectivity index (χ1n) is 5.39. The van der Waals surface area contributed by atoms with Crippen molar-refractivity contribution in [3.8, 4) is 5.75 Å². The lowest BCUT2D eigenvalue weighted by Gasteiger charge is -2.15. The average molecular weight is 271 g/mol. The SMILES string of the molecule is COCC(C)Oc1ccc(Cl)cc1C=CC(=O)O. The topological polar surface area (TPSA) is 55.8 Å². The Balaban J connectivity index is 2.92. The monoisotopic (exact) mass is 270 g/mol. The van der Waals surface area contributed by atoms with E-state index in [0.29, 0.717) is 22.9 Å². The van der Waals surface area contributed by atoms with Crippen molar-refractivity contribution in [2.45, 2.75) is 13.0 Å². The minimum atomic E-state index is -1.02. The summed E-state index contributed by atoms with van der Waals surface area (Å²) in [6.07, 6.45) is 2.36. The zero-order valence-corrected chi connectivity index (χ0v) is 11.0. The number of ether oxygens (including phenoxy) is 2. The minimum absolute atomic E-state index is 0.131. The Kier molecular flexibility index (Phi) is 5.68. The molecule has 0 aliphatic rings. The largest absolute Gasteiger partial charge is 0.488 e. The molecule has 0 aliphatic heterocycles. The Bertz CT molecular complexity index is 443. The number of carboxylic acids is 1. The van der Waals surface area contributed by atoms with Gasteiger partial charge in [0.05, 0.1) is 6.61 Å². The molecule has 0 radical (unpaired) electrons. The molecule has 98 valence electrons. The van der Waals surface area contributed by atoms with Gasteiger partial charge in [-0.3, -0.25) is 0 Å². The number of benzene rings is 1. The van der Waals surface area contributed by atoms with Crippen LogP contribution in [0.3, 0.4) is 0 Å². The maximum absolute atomic E-state index is 10.5. The van der Waals surface area contributed by atoms with Crippen LogP contribution in [0.2, 0.25) is 5.02 Å². The van der Waals surface area contributed by atoms with Gasteiger partial charge in [0.2, 0.25) is 0 Å². The molecule has 1 atom stereocenters. The fourth-order valence-corrected chi connectivity index (χ4v) is 1.58. The van der Waals surface area contributed by atoms with Gasteiger partial charge in [-0.15, -0.1) is 0 Å². The molecule has 0 spiro atoms. The number of carboxylic acid groups (broad SMARTS) is 1. The van der Waals surface area contributed by atoms with Gasteiger partial charge < -0.3 is 14.6 Å². The number of methoxy groups -OCH3 is 1. The molecule has 0 aliphatic carbocycles. The van der Waals surface area contributed by atoms with E-state index in [4.69, 9.17) is 26.2 Å². The molecule has 1 aromatic rings. The molecule has 0 aromatic heterocycles. The van der Waals surface area contributed by atoms with E-state index in [9.17, 15) is 4.79 Å². The standard InChI is InChI=1S/C13H15ClO4/c1-9(8-17-2)18-12-5-4-11(14)7-10(12)3-6-13(15)16/h3-7,9H,8H2,1-2H3,(H,15,16). The summed E-state index contributed by atoms with van der Waals surface area (Å²) < 4.78 is 10.6. The first-order chi connectivity index (χ1) is 8.52. The van der Waals surface area contributed by atoms with Gasteiger partial charge >= 0.3 is 5.97 Å². The van der Waals surface area contributed by atoms with Crippen LogP contribution < -0.4 is 4.74 Å². The van der Waals surface area contributed by atoms with Gasteiger partial charge in [0.1, 0.15) is 11.9 Å². The quantitative estimate of drug-likeness (QED) is 0.808. The molecule has 4 nitrogen and oxygen atoms in total. The molecule has 18 heavy (non-hydrogen) atoms. The van der Waals surface area contributed by atoms with Crippen molar-refractivity contribution in [3.05, 3.63) is 34.9 Å². The van der Waals surface area contributed by atoms with Crippen molar-refractivity contribution in [1.82, 2.24) is 0 Å². The zero-order valence-electron chi connectivity index (χ0n) is 10.2. The Hall–Kier alpha value is -1.52. The molecule has 1 rings (SSSR count). The van der Waals surface area contributed by atoms with Crippen LogP contribution in [-0.2, 0) is 9.53 Å². The van der Waals surface area contributed by atoms with Gasteiger partial charge in [-0.25, -0.2) is 4.79 Å². The van der Waals surface area contributed by atoms with Crippen molar-refractivity contribution in [2.24, 2.45) is 0 Å². The molecular weight excluding hydrogens is 256 g/mol. The summed E-state index contributed by atoms with van der Waals surface area (Å²) in [5, 5.41) is 9.14. The van der Waals surface area contributed by atoms with E-state index in [2.05, 4.69) is 0 Å². The Morgan fingerprint density at radius 3 is 2.89 bits per heavy atom. The van der Waals surface area contributed by atoms with Gasteiger partial charge in [0, 0.05) is 23.8 Å². The number of carbonyl (C=O) groups is 1. The van der Waals surface area contributed by atoms with E-state index in [1.54, 1.807) is 25.3 Å². The highest BCUT2D eigenvalue weighted by atomic mass is 35.5. The first-order valence-corrected chi connectivity index (χ1v) is 5.77. The van der Waals surface area contributed by atoms with Crippen molar-refractivity contribution in [1.29, 1.82) is 0 Å². The summed E-state index contributed by atoms with van der Waals surface area (Å²) in [6.45, 7) is 2.31. The van der Waals surface area contributed by atoms with Crippen LogP contribution in [0, 0.1) is 0 Å². The van der Waals surface area contributed by atoms with E-state index in [0.717, 1.165) is 6.08 Å². The summed E-state index contributed by atoms with van der Waals surface area (Å²) in [5.74, 6) is -0.452.